The number of nitrogens with zero attached hydrogens (tertiary/aromatic N) is 3. The molecule has 1 aromatic carbocycles. The molecule has 0 saturated heterocycles. The maximum Gasteiger partial charge on any atom is 0.227 e. The Balaban J connectivity index is 1.26. The molecule has 0 aliphatic rings. The molecule has 4 rings (SSSR count). The first-order valence-corrected chi connectivity index (χ1v) is 9.37. The highest BCUT2D eigenvalue weighted by atomic mass is 16.5. The van der Waals surface area contributed by atoms with Gasteiger partial charge in [0.1, 0.15) is 11.4 Å². The van der Waals surface area contributed by atoms with Crippen LogP contribution in [0.1, 0.15) is 17.9 Å². The largest absolute Gasteiger partial charge is 0.497 e. The zero-order valence-corrected chi connectivity index (χ0v) is 16.0. The molecule has 2 N–H and O–H groups in total. The second-order valence-corrected chi connectivity index (χ2v) is 6.55. The average Bonchev–Trinajstić information content (AvgIpc) is 3.40. The van der Waals surface area contributed by atoms with Gasteiger partial charge in [-0.15, -0.1) is 0 Å². The van der Waals surface area contributed by atoms with E-state index in [1.807, 2.05) is 42.6 Å². The number of carbonyl (C=O) groups is 1. The second-order valence-electron chi connectivity index (χ2n) is 6.55. The summed E-state index contributed by atoms with van der Waals surface area (Å²) < 4.78 is 10.5. The van der Waals surface area contributed by atoms with Gasteiger partial charge in [-0.2, -0.15) is 4.98 Å². The first kappa shape index (κ1) is 18.7. The van der Waals surface area contributed by atoms with Gasteiger partial charge in [-0.1, -0.05) is 11.2 Å². The third-order valence-electron chi connectivity index (χ3n) is 4.62. The van der Waals surface area contributed by atoms with Crippen LogP contribution >= 0.6 is 0 Å². The summed E-state index contributed by atoms with van der Waals surface area (Å²) in [5, 5.41) is 7.95. The summed E-state index contributed by atoms with van der Waals surface area (Å²) in [7, 11) is 1.65. The van der Waals surface area contributed by atoms with E-state index in [0.717, 1.165) is 28.6 Å². The molecule has 1 amide bonds. The Bertz CT molecular complexity index is 1100. The Hall–Kier alpha value is -3.68. The number of methoxy groups -OCH3 is 1. The predicted octanol–water partition coefficient (Wildman–Crippen LogP) is 2.91. The summed E-state index contributed by atoms with van der Waals surface area (Å²) in [6.07, 6.45) is 5.03. The highest BCUT2D eigenvalue weighted by molar-refractivity contribution is 5.84. The van der Waals surface area contributed by atoms with Crippen LogP contribution in [-0.4, -0.2) is 39.7 Å². The number of benzene rings is 1. The van der Waals surface area contributed by atoms with E-state index in [-0.39, 0.29) is 12.3 Å². The van der Waals surface area contributed by atoms with E-state index in [4.69, 9.17) is 9.26 Å². The minimum atomic E-state index is -0.0555. The van der Waals surface area contributed by atoms with Crippen LogP contribution in [0.25, 0.3) is 22.4 Å². The molecule has 8 nitrogen and oxygen atoms in total. The maximum absolute atomic E-state index is 12.1. The van der Waals surface area contributed by atoms with E-state index in [0.29, 0.717) is 30.4 Å². The second kappa shape index (κ2) is 8.55. The lowest BCUT2D eigenvalue weighted by Gasteiger charge is -2.04. The molecular formula is C21H21N5O3. The number of hydrogen-bond donors (Lipinski definition) is 2. The fraction of sp³-hybridized carbons (Fsp3) is 0.238. The zero-order valence-electron chi connectivity index (χ0n) is 16.0. The quantitative estimate of drug-likeness (QED) is 0.478. The number of amides is 1. The fourth-order valence-electron chi connectivity index (χ4n) is 3.09. The number of H-pyrrole nitrogens is 1. The van der Waals surface area contributed by atoms with Gasteiger partial charge in [-0.3, -0.25) is 9.78 Å². The Morgan fingerprint density at radius 3 is 3.00 bits per heavy atom. The van der Waals surface area contributed by atoms with Gasteiger partial charge in [0.25, 0.3) is 0 Å². The lowest BCUT2D eigenvalue weighted by atomic mass is 10.1. The maximum atomic E-state index is 12.1. The number of hydrogen-bond acceptors (Lipinski definition) is 6. The van der Waals surface area contributed by atoms with Crippen LogP contribution in [0.2, 0.25) is 0 Å². The molecule has 148 valence electrons. The zero-order chi connectivity index (χ0) is 20.1. The topological polar surface area (TPSA) is 106 Å². The van der Waals surface area contributed by atoms with Gasteiger partial charge in [0.15, 0.2) is 0 Å². The number of aromatic amines is 1. The van der Waals surface area contributed by atoms with Gasteiger partial charge in [0, 0.05) is 42.7 Å². The van der Waals surface area contributed by atoms with Gasteiger partial charge in [-0.25, -0.2) is 0 Å². The molecule has 0 bridgehead atoms. The van der Waals surface area contributed by atoms with Crippen molar-refractivity contribution in [2.75, 3.05) is 13.7 Å². The molecule has 0 spiro atoms. The smallest absolute Gasteiger partial charge is 0.227 e. The predicted molar refractivity (Wildman–Crippen MR) is 107 cm³/mol. The van der Waals surface area contributed by atoms with Gasteiger partial charge < -0.3 is 19.6 Å². The van der Waals surface area contributed by atoms with Gasteiger partial charge in [0.05, 0.1) is 7.11 Å². The van der Waals surface area contributed by atoms with Crippen LogP contribution in [0, 0.1) is 0 Å². The lowest BCUT2D eigenvalue weighted by Crippen LogP contribution is -2.25. The van der Waals surface area contributed by atoms with Crippen molar-refractivity contribution < 1.29 is 14.1 Å². The molecule has 0 unspecified atom stereocenters. The molecule has 8 heteroatoms. The average molecular weight is 391 g/mol. The molecule has 3 heterocycles. The van der Waals surface area contributed by atoms with E-state index in [1.165, 1.54) is 0 Å². The third kappa shape index (κ3) is 4.43. The van der Waals surface area contributed by atoms with Crippen molar-refractivity contribution in [3.63, 3.8) is 0 Å². The number of carbonyl (C=O) groups excluding carboxylic acids is 1. The molecule has 4 aromatic rings. The molecule has 0 aliphatic carbocycles. The summed E-state index contributed by atoms with van der Waals surface area (Å²) in [5.41, 5.74) is 2.82. The minimum absolute atomic E-state index is 0.0555. The summed E-state index contributed by atoms with van der Waals surface area (Å²) in [4.78, 5) is 23.9. The van der Waals surface area contributed by atoms with Crippen molar-refractivity contribution in [3.8, 4) is 17.3 Å². The highest BCUT2D eigenvalue weighted by Gasteiger charge is 2.11. The first-order chi connectivity index (χ1) is 14.2. The Morgan fingerprint density at radius 1 is 1.24 bits per heavy atom. The van der Waals surface area contributed by atoms with Crippen molar-refractivity contribution in [2.45, 2.75) is 19.3 Å². The van der Waals surface area contributed by atoms with Crippen LogP contribution in [0.3, 0.4) is 0 Å². The SMILES string of the molecule is COc1ccc2[nH]cc(CCNC(=O)CCc3nc(-c4ccccn4)no3)c2c1. The van der Waals surface area contributed by atoms with Crippen LogP contribution in [0.4, 0.5) is 0 Å². The van der Waals surface area contributed by atoms with Gasteiger partial charge in [-0.05, 0) is 42.3 Å². The van der Waals surface area contributed by atoms with E-state index in [9.17, 15) is 4.79 Å². The normalized spacial score (nSPS) is 10.9. The van der Waals surface area contributed by atoms with E-state index in [2.05, 4.69) is 25.4 Å². The van der Waals surface area contributed by atoms with E-state index < -0.39 is 0 Å². The summed E-state index contributed by atoms with van der Waals surface area (Å²) in [6.45, 7) is 0.548. The summed E-state index contributed by atoms with van der Waals surface area (Å²) >= 11 is 0. The number of rotatable bonds is 8. The monoisotopic (exact) mass is 391 g/mol. The van der Waals surface area contributed by atoms with E-state index >= 15 is 0 Å². The molecule has 0 radical (unpaired) electrons. The van der Waals surface area contributed by atoms with Gasteiger partial charge in [0.2, 0.25) is 17.6 Å². The summed E-state index contributed by atoms with van der Waals surface area (Å²) in [5.74, 6) is 1.60. The van der Waals surface area contributed by atoms with Crippen molar-refractivity contribution in [3.05, 3.63) is 60.2 Å². The Morgan fingerprint density at radius 2 is 2.17 bits per heavy atom. The lowest BCUT2D eigenvalue weighted by molar-refractivity contribution is -0.121. The number of ether oxygens (including phenoxy) is 1. The third-order valence-corrected chi connectivity index (χ3v) is 4.62. The van der Waals surface area contributed by atoms with Crippen molar-refractivity contribution in [1.29, 1.82) is 0 Å². The van der Waals surface area contributed by atoms with Crippen LogP contribution < -0.4 is 10.1 Å². The van der Waals surface area contributed by atoms with Crippen LogP contribution in [0.15, 0.2) is 53.3 Å². The Labute approximate surface area is 167 Å². The van der Waals surface area contributed by atoms with Gasteiger partial charge >= 0.3 is 0 Å². The molecule has 0 atom stereocenters. The van der Waals surface area contributed by atoms with Crippen molar-refractivity contribution >= 4 is 16.8 Å². The molecule has 0 saturated carbocycles. The van der Waals surface area contributed by atoms with E-state index in [1.54, 1.807) is 13.3 Å². The number of nitrogens with one attached hydrogen (secondary N) is 2. The van der Waals surface area contributed by atoms with Crippen molar-refractivity contribution in [2.24, 2.45) is 0 Å². The Kier molecular flexibility index (Phi) is 5.51. The summed E-state index contributed by atoms with van der Waals surface area (Å²) in [6, 6.07) is 11.4. The molecule has 0 aliphatic heterocycles. The number of aromatic nitrogens is 4. The minimum Gasteiger partial charge on any atom is -0.497 e. The number of aryl methyl sites for hydroxylation is 1. The highest BCUT2D eigenvalue weighted by Crippen LogP contribution is 2.23. The first-order valence-electron chi connectivity index (χ1n) is 9.37. The van der Waals surface area contributed by atoms with Crippen LogP contribution in [-0.2, 0) is 17.6 Å². The van der Waals surface area contributed by atoms with Crippen LogP contribution in [0.5, 0.6) is 5.75 Å². The molecular weight excluding hydrogens is 370 g/mol. The number of fused-ring (bicyclic) bond motifs is 1. The van der Waals surface area contributed by atoms with Crippen molar-refractivity contribution in [1.82, 2.24) is 25.4 Å². The number of pyridine rings is 1. The fourth-order valence-corrected chi connectivity index (χ4v) is 3.09. The molecule has 0 fully saturated rings. The molecule has 29 heavy (non-hydrogen) atoms. The molecule has 3 aromatic heterocycles. The standard InChI is InChI=1S/C21H21N5O3/c1-28-15-5-6-17-16(12-15)14(13-24-17)9-11-23-19(27)7-8-20-25-21(26-29-20)18-4-2-3-10-22-18/h2-6,10,12-13,24H,7-9,11H2,1H3,(H,23,27).